The van der Waals surface area contributed by atoms with Crippen molar-refractivity contribution in [1.29, 1.82) is 0 Å². The van der Waals surface area contributed by atoms with Gasteiger partial charge in [-0.15, -0.1) is 0 Å². The van der Waals surface area contributed by atoms with Crippen LogP contribution in [-0.4, -0.2) is 40.7 Å². The van der Waals surface area contributed by atoms with Gasteiger partial charge in [0.25, 0.3) is 11.8 Å². The van der Waals surface area contributed by atoms with Gasteiger partial charge in [0.2, 0.25) is 5.71 Å². The van der Waals surface area contributed by atoms with Crippen LogP contribution in [0.4, 0.5) is 17.6 Å². The molecular weight excluding hydrogens is 614 g/mol. The van der Waals surface area contributed by atoms with Gasteiger partial charge in [0.15, 0.2) is 0 Å². The van der Waals surface area contributed by atoms with Crippen molar-refractivity contribution in [3.05, 3.63) is 107 Å². The summed E-state index contributed by atoms with van der Waals surface area (Å²) in [6, 6.07) is 20.4. The number of aromatic nitrogens is 1. The van der Waals surface area contributed by atoms with E-state index in [9.17, 15) is 27.2 Å². The van der Waals surface area contributed by atoms with Gasteiger partial charge in [-0.2, -0.15) is 13.2 Å². The zero-order valence-electron chi connectivity index (χ0n) is 26.6. The van der Waals surface area contributed by atoms with Gasteiger partial charge in [0.1, 0.15) is 17.3 Å². The number of rotatable bonds is 6. The third-order valence-corrected chi connectivity index (χ3v) is 6.89. The second-order valence-corrected chi connectivity index (χ2v) is 12.0. The van der Waals surface area contributed by atoms with Gasteiger partial charge in [-0.05, 0) is 99.8 Å². The summed E-state index contributed by atoms with van der Waals surface area (Å²) < 4.78 is 59.0. The van der Waals surface area contributed by atoms with E-state index in [0.717, 1.165) is 5.56 Å². The molecule has 0 atom stereocenters. The SMILES string of the molecule is CNC(=O)c1c(-c2ccc(F)cc2)oc2nc(CCC(F)(F)F)c(-c3cccc(C(=O)NC(C)(C)C)c3)cc12.Cc1cccc(O)c1. The van der Waals surface area contributed by atoms with Gasteiger partial charge in [-0.3, -0.25) is 9.59 Å². The molecule has 11 heteroatoms. The van der Waals surface area contributed by atoms with Gasteiger partial charge < -0.3 is 20.2 Å². The Bertz CT molecular complexity index is 1870. The summed E-state index contributed by atoms with van der Waals surface area (Å²) in [6.07, 6.45) is -6.01. The second kappa shape index (κ2) is 14.1. The molecule has 5 aromatic rings. The highest BCUT2D eigenvalue weighted by Gasteiger charge is 2.29. The van der Waals surface area contributed by atoms with Gasteiger partial charge in [-0.1, -0.05) is 24.3 Å². The van der Waals surface area contributed by atoms with Gasteiger partial charge in [0.05, 0.1) is 16.6 Å². The lowest BCUT2D eigenvalue weighted by molar-refractivity contribution is -0.134. The molecule has 2 aromatic heterocycles. The number of aryl methyl sites for hydroxylation is 2. The molecule has 2 amide bonds. The van der Waals surface area contributed by atoms with E-state index in [-0.39, 0.29) is 34.0 Å². The number of aromatic hydroxyl groups is 1. The smallest absolute Gasteiger partial charge is 0.389 e. The molecule has 0 unspecified atom stereocenters. The number of hydrogen-bond donors (Lipinski definition) is 3. The topological polar surface area (TPSA) is 104 Å². The van der Waals surface area contributed by atoms with E-state index < -0.39 is 36.3 Å². The first-order valence-electron chi connectivity index (χ1n) is 14.7. The molecule has 47 heavy (non-hydrogen) atoms. The Morgan fingerprint density at radius 3 is 2.15 bits per heavy atom. The zero-order chi connectivity index (χ0) is 34.5. The van der Waals surface area contributed by atoms with Crippen molar-refractivity contribution >= 4 is 22.9 Å². The van der Waals surface area contributed by atoms with Gasteiger partial charge >= 0.3 is 6.18 Å². The number of nitrogens with one attached hydrogen (secondary N) is 2. The largest absolute Gasteiger partial charge is 0.508 e. The molecule has 3 aromatic carbocycles. The van der Waals surface area contributed by atoms with Crippen molar-refractivity contribution < 1.29 is 36.7 Å². The number of pyridine rings is 1. The van der Waals surface area contributed by atoms with Crippen LogP contribution in [0.3, 0.4) is 0 Å². The van der Waals surface area contributed by atoms with E-state index in [4.69, 9.17) is 9.52 Å². The number of furan rings is 1. The lowest BCUT2D eigenvalue weighted by atomic mass is 9.96. The molecule has 5 rings (SSSR count). The Hall–Kier alpha value is -5.19. The summed E-state index contributed by atoms with van der Waals surface area (Å²) >= 11 is 0. The number of nitrogens with zero attached hydrogens (tertiary/aromatic N) is 1. The van der Waals surface area contributed by atoms with Crippen LogP contribution >= 0.6 is 0 Å². The fraction of sp³-hybridized carbons (Fsp3) is 0.250. The normalized spacial score (nSPS) is 11.5. The fourth-order valence-electron chi connectivity index (χ4n) is 4.78. The van der Waals surface area contributed by atoms with Crippen molar-refractivity contribution in [1.82, 2.24) is 15.6 Å². The second-order valence-electron chi connectivity index (χ2n) is 12.0. The van der Waals surface area contributed by atoms with E-state index in [1.54, 1.807) is 42.5 Å². The Kier molecular flexibility index (Phi) is 10.4. The van der Waals surface area contributed by atoms with Crippen LogP contribution in [0, 0.1) is 12.7 Å². The van der Waals surface area contributed by atoms with Crippen LogP contribution in [0.1, 0.15) is 59.2 Å². The molecule has 0 saturated carbocycles. The molecule has 3 N–H and O–H groups in total. The monoisotopic (exact) mass is 649 g/mol. The zero-order valence-corrected chi connectivity index (χ0v) is 26.6. The molecule has 246 valence electrons. The minimum absolute atomic E-state index is 0.0320. The lowest BCUT2D eigenvalue weighted by Crippen LogP contribution is -2.40. The molecule has 0 aliphatic carbocycles. The van der Waals surface area contributed by atoms with E-state index in [0.29, 0.717) is 28.0 Å². The molecule has 0 aliphatic rings. The number of fused-ring (bicyclic) bond motifs is 1. The van der Waals surface area contributed by atoms with Gasteiger partial charge in [0, 0.05) is 35.7 Å². The average Bonchev–Trinajstić information content (AvgIpc) is 3.37. The van der Waals surface area contributed by atoms with Gasteiger partial charge in [-0.25, -0.2) is 9.37 Å². The van der Waals surface area contributed by atoms with E-state index >= 15 is 0 Å². The highest BCUT2D eigenvalue weighted by Crippen LogP contribution is 2.37. The van der Waals surface area contributed by atoms with Crippen molar-refractivity contribution in [2.24, 2.45) is 0 Å². The van der Waals surface area contributed by atoms with Crippen LogP contribution in [0.25, 0.3) is 33.6 Å². The lowest BCUT2D eigenvalue weighted by Gasteiger charge is -2.20. The maximum absolute atomic E-state index is 13.5. The Balaban J connectivity index is 0.000000546. The Morgan fingerprint density at radius 1 is 0.894 bits per heavy atom. The number of hydrogen-bond acceptors (Lipinski definition) is 5. The van der Waals surface area contributed by atoms with E-state index in [1.165, 1.54) is 31.3 Å². The summed E-state index contributed by atoms with van der Waals surface area (Å²) in [7, 11) is 1.43. The molecule has 0 saturated heterocycles. The number of carbonyl (C=O) groups excluding carboxylic acids is 2. The van der Waals surface area contributed by atoms with Crippen LogP contribution in [0.15, 0.2) is 83.3 Å². The van der Waals surface area contributed by atoms with Crippen molar-refractivity contribution in [2.75, 3.05) is 7.05 Å². The third-order valence-electron chi connectivity index (χ3n) is 6.89. The number of halogens is 4. The van der Waals surface area contributed by atoms with Crippen molar-refractivity contribution in [3.63, 3.8) is 0 Å². The number of phenolic OH excluding ortho intramolecular Hbond substituents is 1. The van der Waals surface area contributed by atoms with E-state index in [1.807, 2.05) is 39.8 Å². The molecule has 0 fully saturated rings. The molecule has 0 bridgehead atoms. The quantitative estimate of drug-likeness (QED) is 0.160. The average molecular weight is 650 g/mol. The number of amides is 2. The highest BCUT2D eigenvalue weighted by molar-refractivity contribution is 6.11. The van der Waals surface area contributed by atoms with Crippen LogP contribution in [-0.2, 0) is 6.42 Å². The molecule has 7 nitrogen and oxygen atoms in total. The number of carbonyl (C=O) groups is 2. The van der Waals surface area contributed by atoms with E-state index in [2.05, 4.69) is 15.6 Å². The molecule has 0 spiro atoms. The third kappa shape index (κ3) is 9.18. The van der Waals surface area contributed by atoms with Crippen molar-refractivity contribution in [3.8, 4) is 28.2 Å². The minimum atomic E-state index is -4.43. The van der Waals surface area contributed by atoms with Crippen molar-refractivity contribution in [2.45, 2.75) is 52.3 Å². The standard InChI is InChI=1S/C29H27F4N3O3.C7H8O/c1-28(2,3)36-25(37)18-7-5-6-17(14-18)20-15-21-23(26(38)34-4)24(16-8-10-19(30)11-9-16)39-27(21)35-22(20)12-13-29(31,32)33;1-6-3-2-4-7(8)5-6/h5-11,14-15H,12-13H2,1-4H3,(H,34,38)(H,36,37);2-5,8H,1H3. The molecule has 0 radical (unpaired) electrons. The predicted octanol–water partition coefficient (Wildman–Crippen LogP) is 8.38. The summed E-state index contributed by atoms with van der Waals surface area (Å²) in [5.41, 5.74) is 2.25. The summed E-state index contributed by atoms with van der Waals surface area (Å²) in [5, 5.41) is 14.5. The first-order chi connectivity index (χ1) is 22.0. The number of alkyl halides is 3. The number of phenols is 1. The van der Waals surface area contributed by atoms with Crippen LogP contribution in [0.2, 0.25) is 0 Å². The maximum atomic E-state index is 13.5. The highest BCUT2D eigenvalue weighted by atomic mass is 19.4. The Labute approximate surface area is 269 Å². The summed E-state index contributed by atoms with van der Waals surface area (Å²) in [6.45, 7) is 7.44. The summed E-state index contributed by atoms with van der Waals surface area (Å²) in [5.74, 6) is -0.897. The molecule has 0 aliphatic heterocycles. The predicted molar refractivity (Wildman–Crippen MR) is 173 cm³/mol. The first kappa shape index (κ1) is 34.7. The van der Waals surface area contributed by atoms with Crippen LogP contribution in [0.5, 0.6) is 5.75 Å². The molecule has 2 heterocycles. The van der Waals surface area contributed by atoms with Crippen LogP contribution < -0.4 is 10.6 Å². The fourth-order valence-corrected chi connectivity index (χ4v) is 4.78. The minimum Gasteiger partial charge on any atom is -0.508 e. The Morgan fingerprint density at radius 2 is 1.57 bits per heavy atom. The molecular formula is C36H35F4N3O4. The number of benzene rings is 3. The first-order valence-corrected chi connectivity index (χ1v) is 14.7. The summed E-state index contributed by atoms with van der Waals surface area (Å²) in [4.78, 5) is 30.1. The maximum Gasteiger partial charge on any atom is 0.389 e.